The number of aliphatic hydroxyl groups is 1. The van der Waals surface area contributed by atoms with E-state index in [0.717, 1.165) is 16.8 Å². The van der Waals surface area contributed by atoms with E-state index in [9.17, 15) is 9.90 Å². The highest BCUT2D eigenvalue weighted by Gasteiger charge is 2.47. The van der Waals surface area contributed by atoms with Crippen molar-refractivity contribution in [3.63, 3.8) is 0 Å². The maximum Gasteiger partial charge on any atom is 0.201 e. The molecule has 1 fully saturated rings. The monoisotopic (exact) mass is 337 g/mol. The van der Waals surface area contributed by atoms with Gasteiger partial charge in [0.2, 0.25) is 6.29 Å². The van der Waals surface area contributed by atoms with Gasteiger partial charge in [-0.15, -0.1) is 0 Å². The Bertz CT molecular complexity index is 784. The van der Waals surface area contributed by atoms with Crippen LogP contribution in [0.15, 0.2) is 48.5 Å². The van der Waals surface area contributed by atoms with Gasteiger partial charge in [0.15, 0.2) is 0 Å². The zero-order valence-corrected chi connectivity index (χ0v) is 14.6. The van der Waals surface area contributed by atoms with Crippen LogP contribution in [0.2, 0.25) is 0 Å². The molecule has 0 amide bonds. The zero-order chi connectivity index (χ0) is 17.6. The number of Topliss-reactive ketones (excluding diaryl/α,β-unsaturated/α-hetero) is 1. The molecule has 4 heteroatoms. The molecule has 1 aliphatic heterocycles. The van der Waals surface area contributed by atoms with Crippen LogP contribution in [0.1, 0.15) is 35.8 Å². The number of para-hydroxylation sites is 1. The Balaban J connectivity index is 1.73. The highest BCUT2D eigenvalue weighted by Crippen LogP contribution is 2.51. The molecule has 2 aromatic carbocycles. The normalized spacial score (nSPS) is 27.9. The predicted octanol–water partition coefficient (Wildman–Crippen LogP) is 3.31. The van der Waals surface area contributed by atoms with Gasteiger partial charge in [-0.2, -0.15) is 0 Å². The molecule has 4 atom stereocenters. The minimum absolute atomic E-state index is 0.0136. The first-order chi connectivity index (χ1) is 12.0. The summed E-state index contributed by atoms with van der Waals surface area (Å²) in [5.74, 6) is 0.850. The van der Waals surface area contributed by atoms with Crippen LogP contribution < -0.4 is 9.64 Å². The predicted molar refractivity (Wildman–Crippen MR) is 97.1 cm³/mol. The second-order valence-corrected chi connectivity index (χ2v) is 7.27. The Labute approximate surface area is 148 Å². The van der Waals surface area contributed by atoms with Gasteiger partial charge in [-0.3, -0.25) is 4.79 Å². The lowest BCUT2D eigenvalue weighted by atomic mass is 9.65. The van der Waals surface area contributed by atoms with Crippen LogP contribution in [0.5, 0.6) is 5.75 Å². The summed E-state index contributed by atoms with van der Waals surface area (Å²) in [6, 6.07) is 16.0. The minimum atomic E-state index is -0.883. The molecule has 2 aromatic rings. The van der Waals surface area contributed by atoms with E-state index in [1.165, 1.54) is 0 Å². The van der Waals surface area contributed by atoms with Crippen molar-refractivity contribution in [2.75, 3.05) is 19.0 Å². The maximum absolute atomic E-state index is 12.5. The molecule has 2 aliphatic rings. The van der Waals surface area contributed by atoms with Gasteiger partial charge in [0.25, 0.3) is 0 Å². The van der Waals surface area contributed by atoms with Gasteiger partial charge in [0.05, 0.1) is 0 Å². The summed E-state index contributed by atoms with van der Waals surface area (Å²) in [5, 5.41) is 10.7. The Kier molecular flexibility index (Phi) is 4.00. The standard InChI is InChI=1S/C21H23NO3/c1-22(2)14-9-7-13(8-10-14)17-11-15(23)12-18-16-5-3-4-6-19(16)25-21(24)20(17)18/h3-10,17-18,20-21,24H,11-12H2,1-2H3/t17-,18+,20-,21+/m1/s1. The van der Waals surface area contributed by atoms with Gasteiger partial charge in [0, 0.05) is 50.4 Å². The van der Waals surface area contributed by atoms with Gasteiger partial charge in [-0.1, -0.05) is 30.3 Å². The third-order valence-electron chi connectivity index (χ3n) is 5.56. The molecule has 0 unspecified atom stereocenters. The summed E-state index contributed by atoms with van der Waals surface area (Å²) in [6.07, 6.45) is 0.0610. The van der Waals surface area contributed by atoms with Crippen LogP contribution in [0.25, 0.3) is 0 Å². The average Bonchev–Trinajstić information content (AvgIpc) is 2.61. The molecule has 130 valence electrons. The molecular weight excluding hydrogens is 314 g/mol. The molecule has 0 saturated heterocycles. The summed E-state index contributed by atoms with van der Waals surface area (Å²) >= 11 is 0. The number of nitrogens with zero attached hydrogens (tertiary/aromatic N) is 1. The number of carbonyl (C=O) groups excluding carboxylic acids is 1. The Morgan fingerprint density at radius 2 is 1.68 bits per heavy atom. The largest absolute Gasteiger partial charge is 0.465 e. The van der Waals surface area contributed by atoms with E-state index in [1.54, 1.807) is 0 Å². The summed E-state index contributed by atoms with van der Waals surface area (Å²) in [5.41, 5.74) is 3.25. The molecule has 4 nitrogen and oxygen atoms in total. The number of hydrogen-bond donors (Lipinski definition) is 1. The number of benzene rings is 2. The van der Waals surface area contributed by atoms with E-state index in [0.29, 0.717) is 18.6 Å². The number of fused-ring (bicyclic) bond motifs is 3. The molecule has 0 radical (unpaired) electrons. The third kappa shape index (κ3) is 2.81. The van der Waals surface area contributed by atoms with E-state index >= 15 is 0 Å². The van der Waals surface area contributed by atoms with E-state index in [-0.39, 0.29) is 23.5 Å². The van der Waals surface area contributed by atoms with Crippen molar-refractivity contribution in [1.82, 2.24) is 0 Å². The first-order valence-corrected chi connectivity index (χ1v) is 8.77. The maximum atomic E-state index is 12.5. The molecule has 1 aliphatic carbocycles. The number of ketones is 1. The van der Waals surface area contributed by atoms with Crippen LogP contribution in [-0.4, -0.2) is 31.3 Å². The van der Waals surface area contributed by atoms with Crippen LogP contribution in [-0.2, 0) is 4.79 Å². The Morgan fingerprint density at radius 1 is 1.00 bits per heavy atom. The summed E-state index contributed by atoms with van der Waals surface area (Å²) in [7, 11) is 4.01. The lowest BCUT2D eigenvalue weighted by molar-refractivity contribution is -0.131. The van der Waals surface area contributed by atoms with Crippen molar-refractivity contribution < 1.29 is 14.6 Å². The number of hydrogen-bond acceptors (Lipinski definition) is 4. The molecule has 4 rings (SSSR count). The van der Waals surface area contributed by atoms with Crippen LogP contribution in [0.4, 0.5) is 5.69 Å². The fraction of sp³-hybridized carbons (Fsp3) is 0.381. The van der Waals surface area contributed by atoms with E-state index < -0.39 is 6.29 Å². The van der Waals surface area contributed by atoms with Gasteiger partial charge in [-0.25, -0.2) is 0 Å². The van der Waals surface area contributed by atoms with Crippen molar-refractivity contribution in [2.45, 2.75) is 31.0 Å². The van der Waals surface area contributed by atoms with E-state index in [4.69, 9.17) is 4.74 Å². The van der Waals surface area contributed by atoms with E-state index in [2.05, 4.69) is 24.3 Å². The molecule has 0 spiro atoms. The second kappa shape index (κ2) is 6.19. The van der Waals surface area contributed by atoms with Gasteiger partial charge in [-0.05, 0) is 29.3 Å². The number of anilines is 1. The number of aliphatic hydroxyl groups excluding tert-OH is 1. The zero-order valence-electron chi connectivity index (χ0n) is 14.6. The number of ether oxygens (including phenoxy) is 1. The molecular formula is C21H23NO3. The van der Waals surface area contributed by atoms with Crippen LogP contribution in [0, 0.1) is 5.92 Å². The van der Waals surface area contributed by atoms with Crippen molar-refractivity contribution in [3.8, 4) is 5.75 Å². The second-order valence-electron chi connectivity index (χ2n) is 7.27. The SMILES string of the molecule is CN(C)c1ccc([C@H]2CC(=O)C[C@H]3c4ccccc4O[C@H](O)[C@H]23)cc1. The van der Waals surface area contributed by atoms with E-state index in [1.807, 2.05) is 43.3 Å². The highest BCUT2D eigenvalue weighted by atomic mass is 16.6. The van der Waals surface area contributed by atoms with Crippen LogP contribution in [0.3, 0.4) is 0 Å². The molecule has 0 aromatic heterocycles. The molecule has 25 heavy (non-hydrogen) atoms. The smallest absolute Gasteiger partial charge is 0.201 e. The van der Waals surface area contributed by atoms with Gasteiger partial charge < -0.3 is 14.7 Å². The number of rotatable bonds is 2. The Morgan fingerprint density at radius 3 is 2.40 bits per heavy atom. The summed E-state index contributed by atoms with van der Waals surface area (Å²) in [4.78, 5) is 14.5. The average molecular weight is 337 g/mol. The van der Waals surface area contributed by atoms with Gasteiger partial charge in [0.1, 0.15) is 11.5 Å². The fourth-order valence-electron chi connectivity index (χ4n) is 4.30. The Hall–Kier alpha value is -2.33. The van der Waals surface area contributed by atoms with Crippen molar-refractivity contribution in [2.24, 2.45) is 5.92 Å². The number of carbonyl (C=O) groups is 1. The minimum Gasteiger partial charge on any atom is -0.465 e. The lowest BCUT2D eigenvalue weighted by Crippen LogP contribution is -2.43. The van der Waals surface area contributed by atoms with Crippen molar-refractivity contribution >= 4 is 11.5 Å². The molecule has 0 bridgehead atoms. The topological polar surface area (TPSA) is 49.8 Å². The summed E-state index contributed by atoms with van der Waals surface area (Å²) in [6.45, 7) is 0. The highest BCUT2D eigenvalue weighted by molar-refractivity contribution is 5.82. The molecule has 1 N–H and O–H groups in total. The first-order valence-electron chi connectivity index (χ1n) is 8.77. The third-order valence-corrected chi connectivity index (χ3v) is 5.56. The van der Waals surface area contributed by atoms with Crippen LogP contribution >= 0.6 is 0 Å². The lowest BCUT2D eigenvalue weighted by Gasteiger charge is -2.44. The van der Waals surface area contributed by atoms with Gasteiger partial charge >= 0.3 is 0 Å². The summed E-state index contributed by atoms with van der Waals surface area (Å²) < 4.78 is 5.79. The quantitative estimate of drug-likeness (QED) is 0.913. The molecule has 1 heterocycles. The van der Waals surface area contributed by atoms with Crippen molar-refractivity contribution in [3.05, 3.63) is 59.7 Å². The van der Waals surface area contributed by atoms with Crippen molar-refractivity contribution in [1.29, 1.82) is 0 Å². The first kappa shape index (κ1) is 16.2. The molecule has 1 saturated carbocycles. The fourth-order valence-corrected chi connectivity index (χ4v) is 4.30.